The van der Waals surface area contributed by atoms with Gasteiger partial charge >= 0.3 is 0 Å². The molecule has 0 rings (SSSR count). The van der Waals surface area contributed by atoms with Gasteiger partial charge in [0.05, 0.1) is 6.10 Å². The molecule has 0 saturated carbocycles. The predicted molar refractivity (Wildman–Crippen MR) is 89.3 cm³/mol. The van der Waals surface area contributed by atoms with Gasteiger partial charge in [0, 0.05) is 18.7 Å². The summed E-state index contributed by atoms with van der Waals surface area (Å²) in [6, 6.07) is 0. The fraction of sp³-hybridized carbons (Fsp3) is 0.875. The van der Waals surface area contributed by atoms with Crippen molar-refractivity contribution in [2.24, 2.45) is 0 Å². The van der Waals surface area contributed by atoms with Gasteiger partial charge in [-0.05, 0) is 24.6 Å². The summed E-state index contributed by atoms with van der Waals surface area (Å²) in [5.74, 6) is 7.01. The fourth-order valence-corrected chi connectivity index (χ4v) is 3.09. The van der Waals surface area contributed by atoms with E-state index in [1.54, 1.807) is 0 Å². The summed E-state index contributed by atoms with van der Waals surface area (Å²) in [6.45, 7) is 13.5. The summed E-state index contributed by atoms with van der Waals surface area (Å²) < 4.78 is 6.28. The number of unbranched alkanes of at least 4 members (excludes halogenated alkanes) is 3. The fourth-order valence-electron chi connectivity index (χ4n) is 1.46. The quantitative estimate of drug-likeness (QED) is 0.258. The first-order chi connectivity index (χ1) is 8.74. The molecule has 0 aliphatic carbocycles. The van der Waals surface area contributed by atoms with Crippen molar-refractivity contribution < 1.29 is 4.43 Å². The van der Waals surface area contributed by atoms with Gasteiger partial charge in [0.25, 0.3) is 0 Å². The molecule has 1 atom stereocenters. The monoisotopic (exact) mass is 302 g/mol. The van der Waals surface area contributed by atoms with Crippen molar-refractivity contribution in [3.63, 3.8) is 0 Å². The van der Waals surface area contributed by atoms with Crippen molar-refractivity contribution in [1.82, 2.24) is 0 Å². The van der Waals surface area contributed by atoms with Crippen LogP contribution in [0.2, 0.25) is 18.1 Å². The highest BCUT2D eigenvalue weighted by molar-refractivity contribution is 6.74. The third-order valence-electron chi connectivity index (χ3n) is 3.80. The van der Waals surface area contributed by atoms with Gasteiger partial charge in [-0.3, -0.25) is 0 Å². The van der Waals surface area contributed by atoms with Crippen molar-refractivity contribution in [2.45, 2.75) is 84.0 Å². The largest absolute Gasteiger partial charge is 0.412 e. The molecule has 0 aromatic rings. The van der Waals surface area contributed by atoms with E-state index < -0.39 is 8.32 Å². The Balaban J connectivity index is 4.22. The minimum atomic E-state index is -1.72. The first-order valence-electron chi connectivity index (χ1n) is 7.44. The summed E-state index contributed by atoms with van der Waals surface area (Å²) in [6.07, 6.45) is 5.58. The van der Waals surface area contributed by atoms with Crippen molar-refractivity contribution >= 4 is 19.9 Å². The molecule has 0 amide bonds. The molecular weight excluding hydrogens is 272 g/mol. The molecule has 112 valence electrons. The maximum absolute atomic E-state index is 6.28. The zero-order valence-electron chi connectivity index (χ0n) is 13.6. The van der Waals surface area contributed by atoms with Crippen LogP contribution in [-0.2, 0) is 4.43 Å². The van der Waals surface area contributed by atoms with Gasteiger partial charge in [0.2, 0.25) is 0 Å². The molecule has 0 aliphatic heterocycles. The second-order valence-electron chi connectivity index (χ2n) is 6.67. The third-order valence-corrected chi connectivity index (χ3v) is 8.68. The average Bonchev–Trinajstić information content (AvgIpc) is 2.30. The smallest absolute Gasteiger partial charge is 0.192 e. The molecule has 0 saturated heterocycles. The van der Waals surface area contributed by atoms with Crippen LogP contribution in [0.25, 0.3) is 0 Å². The highest BCUT2D eigenvalue weighted by Gasteiger charge is 2.38. The van der Waals surface area contributed by atoms with Gasteiger partial charge in [0.15, 0.2) is 8.32 Å². The Labute approximate surface area is 126 Å². The summed E-state index contributed by atoms with van der Waals surface area (Å²) in [4.78, 5) is 0. The maximum Gasteiger partial charge on any atom is 0.192 e. The summed E-state index contributed by atoms with van der Waals surface area (Å²) in [5, 5.41) is 0.228. The predicted octanol–water partition coefficient (Wildman–Crippen LogP) is 5.59. The molecule has 19 heavy (non-hydrogen) atoms. The molecule has 0 radical (unpaired) electrons. The second-order valence-corrected chi connectivity index (χ2v) is 11.7. The molecule has 1 nitrogen and oxygen atoms in total. The van der Waals surface area contributed by atoms with Crippen LogP contribution in [0.5, 0.6) is 0 Å². The lowest BCUT2D eigenvalue weighted by Gasteiger charge is -2.38. The molecule has 0 unspecified atom stereocenters. The zero-order valence-corrected chi connectivity index (χ0v) is 15.4. The van der Waals surface area contributed by atoms with Crippen LogP contribution in [0, 0.1) is 11.8 Å². The van der Waals surface area contributed by atoms with Crippen LogP contribution in [0.4, 0.5) is 0 Å². The minimum absolute atomic E-state index is 0.0845. The standard InChI is InChI=1S/C16H31ClOSi/c1-7-8-9-10-11-12-13-15(14-17)18-19(5,6)16(2,3)4/h15H,7-10,13-14H2,1-6H3/t15-/m1/s1. The molecule has 0 heterocycles. The van der Waals surface area contributed by atoms with E-state index in [1.807, 2.05) is 0 Å². The van der Waals surface area contributed by atoms with E-state index in [2.05, 4.69) is 52.6 Å². The Bertz CT molecular complexity index is 296. The zero-order chi connectivity index (χ0) is 14.9. The summed E-state index contributed by atoms with van der Waals surface area (Å²) >= 11 is 6.02. The highest BCUT2D eigenvalue weighted by atomic mass is 35.5. The van der Waals surface area contributed by atoms with Crippen molar-refractivity contribution in [3.05, 3.63) is 0 Å². The number of hydrogen-bond acceptors (Lipinski definition) is 1. The van der Waals surface area contributed by atoms with Crippen molar-refractivity contribution in [2.75, 3.05) is 5.88 Å². The molecule has 0 N–H and O–H groups in total. The second kappa shape index (κ2) is 9.05. The average molecular weight is 303 g/mol. The van der Waals surface area contributed by atoms with Gasteiger partial charge in [-0.2, -0.15) is 0 Å². The van der Waals surface area contributed by atoms with Gasteiger partial charge in [-0.1, -0.05) is 40.5 Å². The lowest BCUT2D eigenvalue weighted by Crippen LogP contribution is -2.44. The van der Waals surface area contributed by atoms with Crippen molar-refractivity contribution in [3.8, 4) is 11.8 Å². The van der Waals surface area contributed by atoms with Crippen molar-refractivity contribution in [1.29, 1.82) is 0 Å². The number of halogens is 1. The molecule has 0 bridgehead atoms. The minimum Gasteiger partial charge on any atom is -0.412 e. The number of alkyl halides is 1. The topological polar surface area (TPSA) is 9.23 Å². The number of hydrogen-bond donors (Lipinski definition) is 0. The van der Waals surface area contributed by atoms with Crippen LogP contribution in [0.1, 0.15) is 59.8 Å². The molecule has 0 spiro atoms. The van der Waals surface area contributed by atoms with Crippen LogP contribution in [-0.4, -0.2) is 20.3 Å². The van der Waals surface area contributed by atoms with E-state index in [1.165, 1.54) is 19.3 Å². The van der Waals surface area contributed by atoms with Gasteiger partial charge in [-0.15, -0.1) is 23.4 Å². The molecule has 3 heteroatoms. The first kappa shape index (κ1) is 19.0. The Kier molecular flexibility index (Phi) is 9.07. The SMILES string of the molecule is CCCCCC#CC[C@H](CCl)O[Si](C)(C)C(C)(C)C. The van der Waals surface area contributed by atoms with E-state index in [-0.39, 0.29) is 11.1 Å². The normalized spacial score (nSPS) is 13.8. The van der Waals surface area contributed by atoms with Gasteiger partial charge in [-0.25, -0.2) is 0 Å². The summed E-state index contributed by atoms with van der Waals surface area (Å²) in [7, 11) is -1.72. The lowest BCUT2D eigenvalue weighted by atomic mass is 10.2. The van der Waals surface area contributed by atoms with E-state index in [4.69, 9.17) is 16.0 Å². The van der Waals surface area contributed by atoms with E-state index in [0.29, 0.717) is 5.88 Å². The van der Waals surface area contributed by atoms with Gasteiger partial charge < -0.3 is 4.43 Å². The van der Waals surface area contributed by atoms with Gasteiger partial charge in [0.1, 0.15) is 0 Å². The van der Waals surface area contributed by atoms with E-state index in [0.717, 1.165) is 12.8 Å². The van der Waals surface area contributed by atoms with Crippen LogP contribution >= 0.6 is 11.6 Å². The highest BCUT2D eigenvalue weighted by Crippen LogP contribution is 2.37. The molecular formula is C16H31ClOSi. The Morgan fingerprint density at radius 2 is 1.79 bits per heavy atom. The maximum atomic E-state index is 6.28. The molecule has 0 aromatic carbocycles. The molecule has 0 aliphatic rings. The Morgan fingerprint density at radius 1 is 1.16 bits per heavy atom. The summed E-state index contributed by atoms with van der Waals surface area (Å²) in [5.41, 5.74) is 0. The van der Waals surface area contributed by atoms with Crippen LogP contribution in [0.3, 0.4) is 0 Å². The first-order valence-corrected chi connectivity index (χ1v) is 10.9. The van der Waals surface area contributed by atoms with Crippen LogP contribution in [0.15, 0.2) is 0 Å². The lowest BCUT2D eigenvalue weighted by molar-refractivity contribution is 0.207. The Hall–Kier alpha value is 0.0269. The molecule has 0 aromatic heterocycles. The Morgan fingerprint density at radius 3 is 2.26 bits per heavy atom. The van der Waals surface area contributed by atoms with E-state index >= 15 is 0 Å². The van der Waals surface area contributed by atoms with E-state index in [9.17, 15) is 0 Å². The van der Waals surface area contributed by atoms with Crippen LogP contribution < -0.4 is 0 Å². The molecule has 0 fully saturated rings. The number of rotatable bonds is 7. The third kappa shape index (κ3) is 8.02.